The molecule has 2 unspecified atom stereocenters. The van der Waals surface area contributed by atoms with Gasteiger partial charge in [0.25, 0.3) is 0 Å². The molecule has 128 valence electrons. The van der Waals surface area contributed by atoms with Crippen molar-refractivity contribution in [2.24, 2.45) is 0 Å². The van der Waals surface area contributed by atoms with Gasteiger partial charge in [0.05, 0.1) is 23.8 Å². The molecule has 2 atom stereocenters. The number of nitrogens with zero attached hydrogens (tertiary/aromatic N) is 1. The Balaban J connectivity index is 1.91. The zero-order chi connectivity index (χ0) is 17.0. The molecule has 2 rings (SSSR count). The molecular weight excluding hydrogens is 330 g/mol. The van der Waals surface area contributed by atoms with E-state index in [0.717, 1.165) is 0 Å². The zero-order valence-corrected chi connectivity index (χ0v) is 13.6. The van der Waals surface area contributed by atoms with E-state index in [1.54, 1.807) is 0 Å². The van der Waals surface area contributed by atoms with Gasteiger partial charge in [0.2, 0.25) is 5.91 Å². The van der Waals surface area contributed by atoms with E-state index in [2.05, 4.69) is 10.1 Å². The van der Waals surface area contributed by atoms with E-state index < -0.39 is 6.61 Å². The van der Waals surface area contributed by atoms with Gasteiger partial charge in [-0.05, 0) is 32.0 Å². The first-order valence-corrected chi connectivity index (χ1v) is 7.63. The van der Waals surface area contributed by atoms with Crippen LogP contribution in [0, 0.1) is 0 Å². The third-order valence-electron chi connectivity index (χ3n) is 3.29. The number of benzene rings is 1. The van der Waals surface area contributed by atoms with Crippen molar-refractivity contribution in [2.45, 2.75) is 32.7 Å². The van der Waals surface area contributed by atoms with Gasteiger partial charge in [-0.3, -0.25) is 9.69 Å². The summed E-state index contributed by atoms with van der Waals surface area (Å²) in [6.45, 7) is 2.56. The molecule has 1 saturated heterocycles. The fraction of sp³-hybridized carbons (Fsp3) is 0.533. The van der Waals surface area contributed by atoms with E-state index >= 15 is 0 Å². The van der Waals surface area contributed by atoms with Crippen molar-refractivity contribution in [1.29, 1.82) is 0 Å². The number of carbonyl (C=O) groups is 1. The molecule has 0 aliphatic carbocycles. The Hall–Kier alpha value is -1.44. The van der Waals surface area contributed by atoms with Gasteiger partial charge in [0, 0.05) is 18.8 Å². The van der Waals surface area contributed by atoms with Crippen LogP contribution in [0.1, 0.15) is 13.8 Å². The highest BCUT2D eigenvalue weighted by Crippen LogP contribution is 2.28. The lowest BCUT2D eigenvalue weighted by molar-refractivity contribution is -0.121. The van der Waals surface area contributed by atoms with Gasteiger partial charge in [-0.15, -0.1) is 0 Å². The molecule has 5 nitrogen and oxygen atoms in total. The van der Waals surface area contributed by atoms with Crippen LogP contribution in [-0.2, 0) is 9.53 Å². The number of nitrogens with one attached hydrogen (secondary N) is 1. The van der Waals surface area contributed by atoms with Crippen molar-refractivity contribution in [3.8, 4) is 5.75 Å². The van der Waals surface area contributed by atoms with Crippen LogP contribution in [0.3, 0.4) is 0 Å². The van der Waals surface area contributed by atoms with Crippen LogP contribution < -0.4 is 10.1 Å². The van der Waals surface area contributed by atoms with E-state index in [4.69, 9.17) is 16.3 Å². The second-order valence-electron chi connectivity index (χ2n) is 5.52. The Labute approximate surface area is 138 Å². The second kappa shape index (κ2) is 7.90. The van der Waals surface area contributed by atoms with Crippen LogP contribution in [0.2, 0.25) is 5.02 Å². The molecule has 0 bridgehead atoms. The summed E-state index contributed by atoms with van der Waals surface area (Å²) in [6.07, 6.45) is 0.151. The van der Waals surface area contributed by atoms with E-state index in [1.807, 2.05) is 18.7 Å². The number of alkyl halides is 2. The Kier molecular flexibility index (Phi) is 6.15. The Morgan fingerprint density at radius 1 is 1.43 bits per heavy atom. The van der Waals surface area contributed by atoms with Crippen molar-refractivity contribution in [2.75, 3.05) is 25.0 Å². The number of rotatable bonds is 5. The molecule has 0 radical (unpaired) electrons. The third-order valence-corrected chi connectivity index (χ3v) is 3.59. The number of hydrogen-bond donors (Lipinski definition) is 1. The summed E-state index contributed by atoms with van der Waals surface area (Å²) < 4.78 is 34.2. The number of halogens is 3. The molecule has 1 aliphatic rings. The molecule has 0 aromatic heterocycles. The zero-order valence-electron chi connectivity index (χ0n) is 12.9. The minimum Gasteiger partial charge on any atom is -0.433 e. The summed E-state index contributed by atoms with van der Waals surface area (Å²) in [7, 11) is 0. The predicted molar refractivity (Wildman–Crippen MR) is 83.2 cm³/mol. The number of hydrogen-bond acceptors (Lipinski definition) is 4. The van der Waals surface area contributed by atoms with Gasteiger partial charge in [-0.2, -0.15) is 8.78 Å². The average molecular weight is 349 g/mol. The van der Waals surface area contributed by atoms with E-state index in [-0.39, 0.29) is 35.4 Å². The smallest absolute Gasteiger partial charge is 0.387 e. The van der Waals surface area contributed by atoms with Crippen LogP contribution in [0.25, 0.3) is 0 Å². The van der Waals surface area contributed by atoms with Gasteiger partial charge < -0.3 is 14.8 Å². The van der Waals surface area contributed by atoms with Crippen molar-refractivity contribution < 1.29 is 23.0 Å². The van der Waals surface area contributed by atoms with Crippen molar-refractivity contribution in [3.63, 3.8) is 0 Å². The molecule has 23 heavy (non-hydrogen) atoms. The monoisotopic (exact) mass is 348 g/mol. The van der Waals surface area contributed by atoms with E-state index in [0.29, 0.717) is 18.8 Å². The average Bonchev–Trinajstić information content (AvgIpc) is 2.40. The first kappa shape index (κ1) is 17.9. The van der Waals surface area contributed by atoms with Gasteiger partial charge in [0.15, 0.2) is 0 Å². The van der Waals surface area contributed by atoms with E-state index in [9.17, 15) is 13.6 Å². The maximum absolute atomic E-state index is 12.2. The molecule has 8 heteroatoms. The van der Waals surface area contributed by atoms with Crippen molar-refractivity contribution in [1.82, 2.24) is 4.90 Å². The van der Waals surface area contributed by atoms with Gasteiger partial charge in [-0.1, -0.05) is 11.6 Å². The first-order valence-electron chi connectivity index (χ1n) is 7.25. The largest absolute Gasteiger partial charge is 0.433 e. The van der Waals surface area contributed by atoms with Crippen LogP contribution in [0.4, 0.5) is 14.5 Å². The highest BCUT2D eigenvalue weighted by atomic mass is 35.5. The summed E-state index contributed by atoms with van der Waals surface area (Å²) in [5, 5.41) is 2.70. The van der Waals surface area contributed by atoms with E-state index in [1.165, 1.54) is 18.2 Å². The lowest BCUT2D eigenvalue weighted by Crippen LogP contribution is -2.48. The summed E-state index contributed by atoms with van der Waals surface area (Å²) in [5.74, 6) is -0.333. The van der Waals surface area contributed by atoms with Gasteiger partial charge in [0.1, 0.15) is 5.75 Å². The molecule has 0 spiro atoms. The standard InChI is InChI=1S/C15H19ClF2N2O3/c1-9-6-20(7-10(2)22-9)8-14(21)19-11-3-4-13(12(16)5-11)23-15(17)18/h3-5,9-10,15H,6-8H2,1-2H3,(H,19,21). The summed E-state index contributed by atoms with van der Waals surface area (Å²) in [6, 6.07) is 4.14. The SMILES string of the molecule is CC1CN(CC(=O)Nc2ccc(OC(F)F)c(Cl)c2)CC(C)O1. The first-order chi connectivity index (χ1) is 10.8. The topological polar surface area (TPSA) is 50.8 Å². The number of morpholine rings is 1. The summed E-state index contributed by atoms with van der Waals surface area (Å²) in [4.78, 5) is 14.1. The molecule has 1 amide bonds. The minimum atomic E-state index is -2.95. The Morgan fingerprint density at radius 3 is 2.65 bits per heavy atom. The summed E-state index contributed by atoms with van der Waals surface area (Å²) >= 11 is 5.85. The highest BCUT2D eigenvalue weighted by Gasteiger charge is 2.23. The Bertz CT molecular complexity index is 550. The number of ether oxygens (including phenoxy) is 2. The molecule has 1 aromatic rings. The van der Waals surface area contributed by atoms with Crippen LogP contribution in [0.15, 0.2) is 18.2 Å². The second-order valence-corrected chi connectivity index (χ2v) is 5.93. The molecule has 0 saturated carbocycles. The fourth-order valence-corrected chi connectivity index (χ4v) is 2.81. The summed E-state index contributed by atoms with van der Waals surface area (Å²) in [5.41, 5.74) is 0.427. The highest BCUT2D eigenvalue weighted by molar-refractivity contribution is 6.32. The van der Waals surface area contributed by atoms with Crippen molar-refractivity contribution in [3.05, 3.63) is 23.2 Å². The molecule has 1 aliphatic heterocycles. The number of amides is 1. The van der Waals surface area contributed by atoms with Crippen LogP contribution in [-0.4, -0.2) is 49.3 Å². The molecule has 1 N–H and O–H groups in total. The lowest BCUT2D eigenvalue weighted by Gasteiger charge is -2.34. The van der Waals surface area contributed by atoms with Gasteiger partial charge in [-0.25, -0.2) is 0 Å². The Morgan fingerprint density at radius 2 is 2.09 bits per heavy atom. The normalized spacial score (nSPS) is 22.2. The van der Waals surface area contributed by atoms with Gasteiger partial charge >= 0.3 is 6.61 Å². The minimum absolute atomic E-state index is 0.0108. The predicted octanol–water partition coefficient (Wildman–Crippen LogP) is 2.99. The molecule has 1 aromatic carbocycles. The maximum Gasteiger partial charge on any atom is 0.387 e. The number of anilines is 1. The lowest BCUT2D eigenvalue weighted by atomic mass is 10.2. The van der Waals surface area contributed by atoms with Crippen LogP contribution >= 0.6 is 11.6 Å². The third kappa shape index (κ3) is 5.60. The molecule has 1 fully saturated rings. The maximum atomic E-state index is 12.2. The van der Waals surface area contributed by atoms with Crippen molar-refractivity contribution >= 4 is 23.2 Å². The molecule has 1 heterocycles. The fourth-order valence-electron chi connectivity index (χ4n) is 2.59. The molecular formula is C15H19ClF2N2O3. The van der Waals surface area contributed by atoms with Crippen LogP contribution in [0.5, 0.6) is 5.75 Å². The number of carbonyl (C=O) groups excluding carboxylic acids is 1. The quantitative estimate of drug-likeness (QED) is 0.888.